The molecule has 6 nitrogen and oxygen atoms in total. The molecule has 132 valence electrons. The topological polar surface area (TPSA) is 94.3 Å². The minimum Gasteiger partial charge on any atom is -0.487 e. The smallest absolute Gasteiger partial charge is 0.261 e. The van der Waals surface area contributed by atoms with Gasteiger partial charge in [0.1, 0.15) is 12.4 Å². The fraction of sp³-hybridized carbons (Fsp3) is 0.105. The molecular weight excluding hydrogens is 350 g/mol. The lowest BCUT2D eigenvalue weighted by Gasteiger charge is -2.07. The highest BCUT2D eigenvalue weighted by atomic mass is 32.1. The average molecular weight is 367 g/mol. The van der Waals surface area contributed by atoms with Crippen LogP contribution in [0.25, 0.3) is 0 Å². The maximum Gasteiger partial charge on any atom is 0.261 e. The minimum atomic E-state index is -0.540. The average Bonchev–Trinajstić information content (AvgIpc) is 3.17. The van der Waals surface area contributed by atoms with Crippen molar-refractivity contribution >= 4 is 23.2 Å². The predicted molar refractivity (Wildman–Crippen MR) is 99.0 cm³/mol. The molecule has 26 heavy (non-hydrogen) atoms. The maximum absolute atomic E-state index is 12.1. The molecule has 0 saturated heterocycles. The van der Waals surface area contributed by atoms with Crippen LogP contribution in [0, 0.1) is 0 Å². The lowest BCUT2D eigenvalue weighted by atomic mass is 10.2. The summed E-state index contributed by atoms with van der Waals surface area (Å²) in [7, 11) is 0. The molecule has 0 unspecified atom stereocenters. The summed E-state index contributed by atoms with van der Waals surface area (Å²) in [6, 6.07) is 14.6. The quantitative estimate of drug-likeness (QED) is 0.671. The molecule has 0 aliphatic heterocycles. The monoisotopic (exact) mass is 367 g/mol. The van der Waals surface area contributed by atoms with Gasteiger partial charge in [0.15, 0.2) is 0 Å². The van der Waals surface area contributed by atoms with Crippen LogP contribution in [0.5, 0.6) is 5.75 Å². The van der Waals surface area contributed by atoms with Crippen LogP contribution in [-0.4, -0.2) is 16.8 Å². The summed E-state index contributed by atoms with van der Waals surface area (Å²) < 4.78 is 5.68. The Morgan fingerprint density at radius 2 is 1.96 bits per heavy atom. The van der Waals surface area contributed by atoms with Crippen molar-refractivity contribution in [3.8, 4) is 5.75 Å². The number of thiophene rings is 1. The third kappa shape index (κ3) is 4.67. The van der Waals surface area contributed by atoms with E-state index < -0.39 is 5.91 Å². The molecule has 0 radical (unpaired) electrons. The van der Waals surface area contributed by atoms with Crippen molar-refractivity contribution in [3.05, 3.63) is 81.8 Å². The van der Waals surface area contributed by atoms with Gasteiger partial charge in [0.05, 0.1) is 16.1 Å². The lowest BCUT2D eigenvalue weighted by molar-refractivity contribution is 0.0955. The molecule has 0 fully saturated rings. The Kier molecular flexibility index (Phi) is 5.60. The van der Waals surface area contributed by atoms with Crippen LogP contribution in [0.1, 0.15) is 31.3 Å². The highest BCUT2D eigenvalue weighted by Gasteiger charge is 2.11. The Balaban J connectivity index is 1.50. The second-order valence-corrected chi connectivity index (χ2v) is 6.41. The number of primary amides is 1. The van der Waals surface area contributed by atoms with Gasteiger partial charge in [-0.05, 0) is 35.9 Å². The van der Waals surface area contributed by atoms with Gasteiger partial charge in [-0.3, -0.25) is 14.6 Å². The molecule has 0 bridgehead atoms. The van der Waals surface area contributed by atoms with Crippen LogP contribution in [-0.2, 0) is 13.2 Å². The molecule has 2 amide bonds. The van der Waals surface area contributed by atoms with Gasteiger partial charge in [-0.1, -0.05) is 18.2 Å². The molecule has 3 aromatic rings. The molecule has 2 aromatic heterocycles. The van der Waals surface area contributed by atoms with E-state index in [4.69, 9.17) is 10.5 Å². The van der Waals surface area contributed by atoms with Crippen LogP contribution >= 0.6 is 11.3 Å². The normalized spacial score (nSPS) is 10.3. The van der Waals surface area contributed by atoms with E-state index >= 15 is 0 Å². The van der Waals surface area contributed by atoms with Crippen LogP contribution in [0.15, 0.2) is 60.1 Å². The van der Waals surface area contributed by atoms with Crippen molar-refractivity contribution < 1.29 is 14.3 Å². The van der Waals surface area contributed by atoms with Crippen molar-refractivity contribution in [1.82, 2.24) is 10.3 Å². The summed E-state index contributed by atoms with van der Waals surface area (Å²) in [5, 5.41) is 4.39. The van der Waals surface area contributed by atoms with Crippen molar-refractivity contribution in [1.29, 1.82) is 0 Å². The van der Waals surface area contributed by atoms with Gasteiger partial charge in [-0.2, -0.15) is 0 Å². The predicted octanol–water partition coefficient (Wildman–Crippen LogP) is 2.75. The van der Waals surface area contributed by atoms with Crippen LogP contribution in [0.4, 0.5) is 0 Å². The molecule has 2 heterocycles. The van der Waals surface area contributed by atoms with E-state index in [2.05, 4.69) is 10.3 Å². The van der Waals surface area contributed by atoms with E-state index in [9.17, 15) is 9.59 Å². The first kappa shape index (κ1) is 17.6. The third-order valence-corrected chi connectivity index (χ3v) is 4.53. The molecule has 0 aliphatic carbocycles. The SMILES string of the molecule is NC(=O)c1csc(C(=O)NCc2ccc(OCc3ccccn3)cc2)c1. The largest absolute Gasteiger partial charge is 0.487 e. The molecule has 1 aromatic carbocycles. The zero-order valence-electron chi connectivity index (χ0n) is 13.8. The first-order chi connectivity index (χ1) is 12.6. The number of rotatable bonds is 7. The Morgan fingerprint density at radius 3 is 2.62 bits per heavy atom. The van der Waals surface area contributed by atoms with Crippen molar-refractivity contribution in [2.24, 2.45) is 5.73 Å². The van der Waals surface area contributed by atoms with E-state index in [-0.39, 0.29) is 5.91 Å². The maximum atomic E-state index is 12.1. The zero-order valence-corrected chi connectivity index (χ0v) is 14.7. The molecule has 0 saturated carbocycles. The second kappa shape index (κ2) is 8.26. The van der Waals surface area contributed by atoms with Gasteiger partial charge in [0, 0.05) is 18.1 Å². The zero-order chi connectivity index (χ0) is 18.4. The standard InChI is InChI=1S/C19H17N3O3S/c20-18(23)14-9-17(26-12-14)19(24)22-10-13-4-6-16(7-5-13)25-11-15-3-1-2-8-21-15/h1-9,12H,10-11H2,(H2,20,23)(H,22,24). The lowest BCUT2D eigenvalue weighted by Crippen LogP contribution is -2.21. The fourth-order valence-corrected chi connectivity index (χ4v) is 3.01. The van der Waals surface area contributed by atoms with Crippen molar-refractivity contribution in [2.75, 3.05) is 0 Å². The third-order valence-electron chi connectivity index (χ3n) is 3.60. The van der Waals surface area contributed by atoms with Crippen LogP contribution in [0.2, 0.25) is 0 Å². The van der Waals surface area contributed by atoms with E-state index in [1.165, 1.54) is 17.4 Å². The van der Waals surface area contributed by atoms with E-state index in [1.807, 2.05) is 42.5 Å². The van der Waals surface area contributed by atoms with Crippen molar-refractivity contribution in [3.63, 3.8) is 0 Å². The number of amides is 2. The van der Waals surface area contributed by atoms with E-state index in [0.717, 1.165) is 17.0 Å². The number of hydrogen-bond acceptors (Lipinski definition) is 5. The second-order valence-electron chi connectivity index (χ2n) is 5.50. The van der Waals surface area contributed by atoms with E-state index in [1.54, 1.807) is 11.6 Å². The first-order valence-electron chi connectivity index (χ1n) is 7.90. The first-order valence-corrected chi connectivity index (χ1v) is 8.78. The molecule has 3 rings (SSSR count). The van der Waals surface area contributed by atoms with Crippen LogP contribution in [0.3, 0.4) is 0 Å². The number of nitrogens with zero attached hydrogens (tertiary/aromatic N) is 1. The van der Waals surface area contributed by atoms with Gasteiger partial charge >= 0.3 is 0 Å². The van der Waals surface area contributed by atoms with Gasteiger partial charge in [-0.15, -0.1) is 11.3 Å². The number of nitrogens with one attached hydrogen (secondary N) is 1. The van der Waals surface area contributed by atoms with Crippen LogP contribution < -0.4 is 15.8 Å². The Labute approximate surface area is 154 Å². The number of benzene rings is 1. The van der Waals surface area contributed by atoms with Crippen molar-refractivity contribution in [2.45, 2.75) is 13.2 Å². The molecular formula is C19H17N3O3S. The number of aromatic nitrogens is 1. The number of pyridine rings is 1. The van der Waals surface area contributed by atoms with Gasteiger partial charge < -0.3 is 15.8 Å². The minimum absolute atomic E-state index is 0.238. The molecule has 0 spiro atoms. The fourth-order valence-electron chi connectivity index (χ4n) is 2.20. The van der Waals surface area contributed by atoms with Gasteiger partial charge in [-0.25, -0.2) is 0 Å². The molecule has 0 aliphatic rings. The molecule has 7 heteroatoms. The summed E-state index contributed by atoms with van der Waals surface area (Å²) in [5.74, 6) is -0.0466. The van der Waals surface area contributed by atoms with Gasteiger partial charge in [0.25, 0.3) is 5.91 Å². The number of carbonyl (C=O) groups is 2. The van der Waals surface area contributed by atoms with E-state index in [0.29, 0.717) is 23.6 Å². The Morgan fingerprint density at radius 1 is 1.15 bits per heavy atom. The summed E-state index contributed by atoms with van der Waals surface area (Å²) >= 11 is 1.19. The number of carbonyl (C=O) groups excluding carboxylic acids is 2. The highest BCUT2D eigenvalue weighted by Crippen LogP contribution is 2.16. The number of hydrogen-bond donors (Lipinski definition) is 2. The number of ether oxygens (including phenoxy) is 1. The molecule has 3 N–H and O–H groups in total. The number of nitrogens with two attached hydrogens (primary N) is 1. The summed E-state index contributed by atoms with van der Waals surface area (Å²) in [5.41, 5.74) is 7.33. The summed E-state index contributed by atoms with van der Waals surface area (Å²) in [6.07, 6.45) is 1.73. The Hall–Kier alpha value is -3.19. The molecule has 0 atom stereocenters. The highest BCUT2D eigenvalue weighted by molar-refractivity contribution is 7.12. The van der Waals surface area contributed by atoms with Gasteiger partial charge in [0.2, 0.25) is 5.91 Å². The Bertz CT molecular complexity index is 892. The summed E-state index contributed by atoms with van der Waals surface area (Å²) in [4.78, 5) is 27.8. The summed E-state index contributed by atoms with van der Waals surface area (Å²) in [6.45, 7) is 0.778.